The number of halogens is 2. The third-order valence-corrected chi connectivity index (χ3v) is 5.55. The number of nitrogens with one attached hydrogen (secondary N) is 2. The molecule has 0 bridgehead atoms. The van der Waals surface area contributed by atoms with E-state index in [4.69, 9.17) is 23.2 Å². The van der Waals surface area contributed by atoms with Crippen LogP contribution in [0.2, 0.25) is 10.0 Å². The normalized spacial score (nSPS) is 11.0. The average molecular weight is 423 g/mol. The molecule has 1 aromatic heterocycles. The third-order valence-electron chi connectivity index (χ3n) is 4.95. The molecular weight excluding hydrogens is 403 g/mol. The summed E-state index contributed by atoms with van der Waals surface area (Å²) in [6.07, 6.45) is 3.39. The van der Waals surface area contributed by atoms with Crippen molar-refractivity contribution >= 4 is 40.0 Å². The Hall–Kier alpha value is -2.75. The Morgan fingerprint density at radius 2 is 1.79 bits per heavy atom. The van der Waals surface area contributed by atoms with E-state index in [9.17, 15) is 4.79 Å². The van der Waals surface area contributed by atoms with E-state index in [1.54, 1.807) is 0 Å². The second-order valence-corrected chi connectivity index (χ2v) is 7.82. The molecule has 0 aliphatic rings. The van der Waals surface area contributed by atoms with Crippen LogP contribution >= 0.6 is 23.2 Å². The zero-order chi connectivity index (χ0) is 20.2. The van der Waals surface area contributed by atoms with Crippen LogP contribution in [0.25, 0.3) is 10.9 Å². The molecule has 5 heteroatoms. The summed E-state index contributed by atoms with van der Waals surface area (Å²) in [4.78, 5) is 15.8. The molecule has 29 heavy (non-hydrogen) atoms. The fourth-order valence-electron chi connectivity index (χ4n) is 3.45. The molecule has 4 rings (SSSR count). The van der Waals surface area contributed by atoms with Crippen LogP contribution in [0, 0.1) is 0 Å². The van der Waals surface area contributed by atoms with Crippen molar-refractivity contribution in [2.75, 3.05) is 6.54 Å². The number of fused-ring (bicyclic) bond motifs is 1. The lowest BCUT2D eigenvalue weighted by Gasteiger charge is -2.08. The Kier molecular flexibility index (Phi) is 5.89. The largest absolute Gasteiger partial charge is 0.361 e. The van der Waals surface area contributed by atoms with Gasteiger partial charge in [0.15, 0.2) is 0 Å². The molecular formula is C24H20Cl2N2O. The van der Waals surface area contributed by atoms with Crippen molar-refractivity contribution in [3.63, 3.8) is 0 Å². The van der Waals surface area contributed by atoms with E-state index in [-0.39, 0.29) is 5.91 Å². The van der Waals surface area contributed by atoms with Crippen molar-refractivity contribution in [1.82, 2.24) is 10.3 Å². The zero-order valence-electron chi connectivity index (χ0n) is 15.7. The highest BCUT2D eigenvalue weighted by Gasteiger charge is 2.09. The highest BCUT2D eigenvalue weighted by atomic mass is 35.5. The second kappa shape index (κ2) is 8.73. The molecule has 0 spiro atoms. The fraction of sp³-hybridized carbons (Fsp3) is 0.125. The molecule has 3 aromatic carbocycles. The van der Waals surface area contributed by atoms with E-state index in [1.807, 2.05) is 72.9 Å². The Morgan fingerprint density at radius 3 is 2.66 bits per heavy atom. The Labute approximate surface area is 179 Å². The van der Waals surface area contributed by atoms with Gasteiger partial charge in [-0.3, -0.25) is 4.79 Å². The van der Waals surface area contributed by atoms with Gasteiger partial charge < -0.3 is 10.3 Å². The van der Waals surface area contributed by atoms with Crippen molar-refractivity contribution in [2.45, 2.75) is 12.8 Å². The summed E-state index contributed by atoms with van der Waals surface area (Å²) in [5, 5.41) is 5.54. The van der Waals surface area contributed by atoms with Gasteiger partial charge in [0, 0.05) is 39.3 Å². The summed E-state index contributed by atoms with van der Waals surface area (Å²) >= 11 is 12.4. The molecule has 0 fully saturated rings. The van der Waals surface area contributed by atoms with Crippen molar-refractivity contribution in [3.05, 3.63) is 105 Å². The van der Waals surface area contributed by atoms with Crippen LogP contribution in [0.4, 0.5) is 0 Å². The average Bonchev–Trinajstić information content (AvgIpc) is 3.12. The Balaban J connectivity index is 1.39. The molecule has 0 aliphatic heterocycles. The van der Waals surface area contributed by atoms with Crippen molar-refractivity contribution < 1.29 is 4.79 Å². The minimum absolute atomic E-state index is 0.0797. The molecule has 0 atom stereocenters. The van der Waals surface area contributed by atoms with Gasteiger partial charge in [-0.05, 0) is 65.9 Å². The van der Waals surface area contributed by atoms with Gasteiger partial charge in [0.1, 0.15) is 0 Å². The summed E-state index contributed by atoms with van der Waals surface area (Å²) in [7, 11) is 0. The third kappa shape index (κ3) is 4.64. The van der Waals surface area contributed by atoms with Gasteiger partial charge in [0.25, 0.3) is 5.91 Å². The standard InChI is InChI=1S/C24H20Cl2N2O/c25-20-8-9-23-21(14-20)19(15-28-23)10-11-27-24(29)18-6-3-4-16(13-18)12-17-5-1-2-7-22(17)26/h1-9,13-15,28H,10-12H2,(H,27,29). The van der Waals surface area contributed by atoms with Crippen LogP contribution in [-0.4, -0.2) is 17.4 Å². The SMILES string of the molecule is O=C(NCCc1c[nH]c2ccc(Cl)cc12)c1cccc(Cc2ccccc2Cl)c1. The Morgan fingerprint density at radius 1 is 0.931 bits per heavy atom. The van der Waals surface area contributed by atoms with E-state index in [0.29, 0.717) is 23.6 Å². The monoisotopic (exact) mass is 422 g/mol. The lowest BCUT2D eigenvalue weighted by molar-refractivity contribution is 0.0954. The number of aromatic amines is 1. The van der Waals surface area contributed by atoms with Gasteiger partial charge in [0.05, 0.1) is 0 Å². The summed E-state index contributed by atoms with van der Waals surface area (Å²) in [6, 6.07) is 21.2. The number of carbonyl (C=O) groups is 1. The van der Waals surface area contributed by atoms with Crippen molar-refractivity contribution in [3.8, 4) is 0 Å². The molecule has 0 unspecified atom stereocenters. The van der Waals surface area contributed by atoms with Crippen LogP contribution < -0.4 is 5.32 Å². The van der Waals surface area contributed by atoms with Gasteiger partial charge in [-0.15, -0.1) is 0 Å². The predicted octanol–water partition coefficient (Wildman–Crippen LogP) is 6.04. The molecule has 146 valence electrons. The Bertz CT molecular complexity index is 1170. The number of H-pyrrole nitrogens is 1. The highest BCUT2D eigenvalue weighted by molar-refractivity contribution is 6.31. The lowest BCUT2D eigenvalue weighted by Crippen LogP contribution is -2.25. The van der Waals surface area contributed by atoms with Gasteiger partial charge in [-0.2, -0.15) is 0 Å². The summed E-state index contributed by atoms with van der Waals surface area (Å²) in [5.74, 6) is -0.0797. The lowest BCUT2D eigenvalue weighted by atomic mass is 10.0. The quantitative estimate of drug-likeness (QED) is 0.390. The van der Waals surface area contributed by atoms with E-state index in [1.165, 1.54) is 0 Å². The van der Waals surface area contributed by atoms with Gasteiger partial charge >= 0.3 is 0 Å². The van der Waals surface area contributed by atoms with Crippen LogP contribution in [0.1, 0.15) is 27.0 Å². The molecule has 4 aromatic rings. The first-order chi connectivity index (χ1) is 14.1. The molecule has 0 radical (unpaired) electrons. The fourth-order valence-corrected chi connectivity index (χ4v) is 3.83. The van der Waals surface area contributed by atoms with Crippen molar-refractivity contribution in [1.29, 1.82) is 0 Å². The minimum Gasteiger partial charge on any atom is -0.361 e. The second-order valence-electron chi connectivity index (χ2n) is 6.98. The summed E-state index contributed by atoms with van der Waals surface area (Å²) < 4.78 is 0. The maximum Gasteiger partial charge on any atom is 0.251 e. The van der Waals surface area contributed by atoms with Crippen LogP contribution in [0.5, 0.6) is 0 Å². The first-order valence-electron chi connectivity index (χ1n) is 9.46. The maximum absolute atomic E-state index is 12.6. The number of aromatic nitrogens is 1. The number of hydrogen-bond donors (Lipinski definition) is 2. The number of carbonyl (C=O) groups excluding carboxylic acids is 1. The maximum atomic E-state index is 12.6. The molecule has 0 saturated carbocycles. The first kappa shape index (κ1) is 19.6. The number of rotatable bonds is 6. The van der Waals surface area contributed by atoms with E-state index in [0.717, 1.165) is 39.0 Å². The number of amides is 1. The molecule has 2 N–H and O–H groups in total. The first-order valence-corrected chi connectivity index (χ1v) is 10.2. The van der Waals surface area contributed by atoms with E-state index < -0.39 is 0 Å². The number of benzene rings is 3. The molecule has 0 aliphatic carbocycles. The molecule has 3 nitrogen and oxygen atoms in total. The van der Waals surface area contributed by atoms with E-state index in [2.05, 4.69) is 10.3 Å². The summed E-state index contributed by atoms with van der Waals surface area (Å²) in [6.45, 7) is 0.549. The summed E-state index contributed by atoms with van der Waals surface area (Å²) in [5.41, 5.74) is 4.93. The van der Waals surface area contributed by atoms with Crippen LogP contribution in [-0.2, 0) is 12.8 Å². The van der Waals surface area contributed by atoms with Crippen LogP contribution in [0.3, 0.4) is 0 Å². The zero-order valence-corrected chi connectivity index (χ0v) is 17.2. The molecule has 1 heterocycles. The highest BCUT2D eigenvalue weighted by Crippen LogP contribution is 2.23. The van der Waals surface area contributed by atoms with Crippen molar-refractivity contribution in [2.24, 2.45) is 0 Å². The molecule has 1 amide bonds. The van der Waals surface area contributed by atoms with Gasteiger partial charge in [-0.25, -0.2) is 0 Å². The molecule has 0 saturated heterocycles. The van der Waals surface area contributed by atoms with Gasteiger partial charge in [-0.1, -0.05) is 53.5 Å². The number of hydrogen-bond acceptors (Lipinski definition) is 1. The topological polar surface area (TPSA) is 44.9 Å². The van der Waals surface area contributed by atoms with Gasteiger partial charge in [0.2, 0.25) is 0 Å². The smallest absolute Gasteiger partial charge is 0.251 e. The predicted molar refractivity (Wildman–Crippen MR) is 120 cm³/mol. The van der Waals surface area contributed by atoms with E-state index >= 15 is 0 Å². The minimum atomic E-state index is -0.0797. The van der Waals surface area contributed by atoms with Crippen LogP contribution in [0.15, 0.2) is 72.9 Å².